The first-order chi connectivity index (χ1) is 10.2. The van der Waals surface area contributed by atoms with Crippen molar-refractivity contribution in [1.29, 1.82) is 0 Å². The molecule has 0 fully saturated rings. The molecule has 1 aromatic heterocycles. The van der Waals surface area contributed by atoms with Crippen LogP contribution in [0.3, 0.4) is 0 Å². The van der Waals surface area contributed by atoms with E-state index in [1.54, 1.807) is 18.4 Å². The van der Waals surface area contributed by atoms with E-state index in [1.165, 1.54) is 0 Å². The summed E-state index contributed by atoms with van der Waals surface area (Å²) in [5.41, 5.74) is 1.86. The van der Waals surface area contributed by atoms with Crippen LogP contribution in [-0.2, 0) is 13.1 Å². The van der Waals surface area contributed by atoms with E-state index in [1.807, 2.05) is 18.2 Å². The normalized spacial score (nSPS) is 10.8. The van der Waals surface area contributed by atoms with Gasteiger partial charge in [-0.2, -0.15) is 0 Å². The zero-order chi connectivity index (χ0) is 15.1. The summed E-state index contributed by atoms with van der Waals surface area (Å²) in [6.07, 6.45) is 2.73. The third kappa shape index (κ3) is 4.60. The van der Waals surface area contributed by atoms with Gasteiger partial charge >= 0.3 is 0 Å². The van der Waals surface area contributed by atoms with E-state index in [-0.39, 0.29) is 5.82 Å². The summed E-state index contributed by atoms with van der Waals surface area (Å²) in [5, 5.41) is 3.30. The molecule has 1 heterocycles. The maximum Gasteiger partial charge on any atom is 0.125 e. The number of benzene rings is 1. The van der Waals surface area contributed by atoms with Gasteiger partial charge in [-0.05, 0) is 55.8 Å². The molecule has 0 spiro atoms. The van der Waals surface area contributed by atoms with E-state index in [4.69, 9.17) is 4.42 Å². The molecule has 114 valence electrons. The van der Waals surface area contributed by atoms with Gasteiger partial charge in [0.15, 0.2) is 0 Å². The van der Waals surface area contributed by atoms with Gasteiger partial charge in [-0.1, -0.05) is 6.92 Å². The number of furan rings is 1. The first kappa shape index (κ1) is 15.6. The van der Waals surface area contributed by atoms with E-state index in [0.29, 0.717) is 13.1 Å². The summed E-state index contributed by atoms with van der Waals surface area (Å²) in [4.78, 5) is 2.10. The van der Waals surface area contributed by atoms with Gasteiger partial charge in [0.2, 0.25) is 0 Å². The molecule has 0 saturated carbocycles. The highest BCUT2D eigenvalue weighted by molar-refractivity contribution is 5.49. The van der Waals surface area contributed by atoms with Crippen molar-refractivity contribution in [2.75, 3.05) is 18.0 Å². The standard InChI is InChI=1S/C17H23FN2O/c1-3-7-19-12-14-9-15(18)11-16(10-14)20(4-2)13-17-6-5-8-21-17/h5-6,8-11,19H,3-4,7,12-13H2,1-2H3. The van der Waals surface area contributed by atoms with Gasteiger partial charge in [-0.25, -0.2) is 4.39 Å². The predicted octanol–water partition coefficient (Wildman–Crippen LogP) is 3.94. The topological polar surface area (TPSA) is 28.4 Å². The third-order valence-electron chi connectivity index (χ3n) is 3.37. The fourth-order valence-electron chi connectivity index (χ4n) is 2.30. The monoisotopic (exact) mass is 290 g/mol. The lowest BCUT2D eigenvalue weighted by Gasteiger charge is -2.23. The Morgan fingerprint density at radius 3 is 2.76 bits per heavy atom. The first-order valence-corrected chi connectivity index (χ1v) is 7.50. The van der Waals surface area contributed by atoms with Crippen molar-refractivity contribution >= 4 is 5.69 Å². The van der Waals surface area contributed by atoms with Gasteiger partial charge in [-0.15, -0.1) is 0 Å². The maximum atomic E-state index is 13.8. The van der Waals surface area contributed by atoms with Crippen molar-refractivity contribution in [3.63, 3.8) is 0 Å². The SMILES string of the molecule is CCCNCc1cc(F)cc(N(CC)Cc2ccco2)c1. The molecule has 0 aliphatic heterocycles. The van der Waals surface area contributed by atoms with E-state index in [0.717, 1.165) is 36.5 Å². The van der Waals surface area contributed by atoms with Crippen LogP contribution >= 0.6 is 0 Å². The Morgan fingerprint density at radius 1 is 1.24 bits per heavy atom. The fourth-order valence-corrected chi connectivity index (χ4v) is 2.30. The van der Waals surface area contributed by atoms with Crippen LogP contribution in [0, 0.1) is 5.82 Å². The van der Waals surface area contributed by atoms with E-state index < -0.39 is 0 Å². The largest absolute Gasteiger partial charge is 0.467 e. The van der Waals surface area contributed by atoms with Crippen molar-refractivity contribution in [1.82, 2.24) is 5.32 Å². The molecular weight excluding hydrogens is 267 g/mol. The number of rotatable bonds is 8. The third-order valence-corrected chi connectivity index (χ3v) is 3.37. The number of hydrogen-bond donors (Lipinski definition) is 1. The van der Waals surface area contributed by atoms with Crippen molar-refractivity contribution < 1.29 is 8.81 Å². The average Bonchev–Trinajstić information content (AvgIpc) is 2.97. The summed E-state index contributed by atoms with van der Waals surface area (Å²) < 4.78 is 19.2. The van der Waals surface area contributed by atoms with Gasteiger partial charge in [-0.3, -0.25) is 0 Å². The summed E-state index contributed by atoms with van der Waals surface area (Å²) in [6, 6.07) is 9.02. The van der Waals surface area contributed by atoms with Gasteiger partial charge in [0.1, 0.15) is 11.6 Å². The molecule has 0 radical (unpaired) electrons. The Kier molecular flexibility index (Phi) is 5.81. The molecule has 1 aromatic carbocycles. The zero-order valence-corrected chi connectivity index (χ0v) is 12.7. The fraction of sp³-hybridized carbons (Fsp3) is 0.412. The van der Waals surface area contributed by atoms with Crippen molar-refractivity contribution in [3.05, 3.63) is 53.7 Å². The Bertz CT molecular complexity index is 540. The van der Waals surface area contributed by atoms with Crippen LogP contribution in [0.2, 0.25) is 0 Å². The molecule has 21 heavy (non-hydrogen) atoms. The molecule has 0 aliphatic carbocycles. The highest BCUT2D eigenvalue weighted by atomic mass is 19.1. The van der Waals surface area contributed by atoms with Crippen LogP contribution in [0.5, 0.6) is 0 Å². The molecule has 3 nitrogen and oxygen atoms in total. The smallest absolute Gasteiger partial charge is 0.125 e. The molecule has 2 aromatic rings. The minimum absolute atomic E-state index is 0.196. The molecule has 0 saturated heterocycles. The number of halogens is 1. The number of hydrogen-bond acceptors (Lipinski definition) is 3. The van der Waals surface area contributed by atoms with E-state index in [9.17, 15) is 4.39 Å². The number of nitrogens with zero attached hydrogens (tertiary/aromatic N) is 1. The predicted molar refractivity (Wildman–Crippen MR) is 83.8 cm³/mol. The van der Waals surface area contributed by atoms with Gasteiger partial charge < -0.3 is 14.6 Å². The number of nitrogens with one attached hydrogen (secondary N) is 1. The molecule has 0 unspecified atom stereocenters. The zero-order valence-electron chi connectivity index (χ0n) is 12.7. The summed E-state index contributed by atoms with van der Waals surface area (Å²) in [6.45, 7) is 7.25. The molecule has 0 atom stereocenters. The quantitative estimate of drug-likeness (QED) is 0.746. The molecule has 0 amide bonds. The highest BCUT2D eigenvalue weighted by Gasteiger charge is 2.10. The molecule has 0 aliphatic rings. The number of anilines is 1. The van der Waals surface area contributed by atoms with Crippen molar-refractivity contribution in [2.24, 2.45) is 0 Å². The second-order valence-corrected chi connectivity index (χ2v) is 5.09. The lowest BCUT2D eigenvalue weighted by atomic mass is 10.1. The highest BCUT2D eigenvalue weighted by Crippen LogP contribution is 2.21. The summed E-state index contributed by atoms with van der Waals surface area (Å²) in [7, 11) is 0. The van der Waals surface area contributed by atoms with Gasteiger partial charge in [0.25, 0.3) is 0 Å². The van der Waals surface area contributed by atoms with Crippen LogP contribution in [-0.4, -0.2) is 13.1 Å². The Morgan fingerprint density at radius 2 is 2.10 bits per heavy atom. The van der Waals surface area contributed by atoms with Crippen molar-refractivity contribution in [3.8, 4) is 0 Å². The lowest BCUT2D eigenvalue weighted by Crippen LogP contribution is -2.22. The molecule has 4 heteroatoms. The van der Waals surface area contributed by atoms with Crippen LogP contribution in [0.4, 0.5) is 10.1 Å². The Labute approximate surface area is 125 Å². The van der Waals surface area contributed by atoms with E-state index >= 15 is 0 Å². The Hall–Kier alpha value is -1.81. The van der Waals surface area contributed by atoms with Gasteiger partial charge in [0, 0.05) is 18.8 Å². The molecule has 0 bridgehead atoms. The first-order valence-electron chi connectivity index (χ1n) is 7.50. The Balaban J connectivity index is 2.12. The maximum absolute atomic E-state index is 13.8. The second-order valence-electron chi connectivity index (χ2n) is 5.09. The summed E-state index contributed by atoms with van der Waals surface area (Å²) >= 11 is 0. The molecule has 2 rings (SSSR count). The van der Waals surface area contributed by atoms with Crippen LogP contribution in [0.15, 0.2) is 41.0 Å². The second kappa shape index (κ2) is 7.84. The lowest BCUT2D eigenvalue weighted by molar-refractivity contribution is 0.503. The molecular formula is C17H23FN2O. The summed E-state index contributed by atoms with van der Waals surface area (Å²) in [5.74, 6) is 0.686. The minimum Gasteiger partial charge on any atom is -0.467 e. The minimum atomic E-state index is -0.196. The van der Waals surface area contributed by atoms with Crippen LogP contribution in [0.25, 0.3) is 0 Å². The van der Waals surface area contributed by atoms with Gasteiger partial charge in [0.05, 0.1) is 12.8 Å². The van der Waals surface area contributed by atoms with E-state index in [2.05, 4.69) is 24.1 Å². The van der Waals surface area contributed by atoms with Crippen LogP contribution < -0.4 is 10.2 Å². The average molecular weight is 290 g/mol. The van der Waals surface area contributed by atoms with Crippen LogP contribution in [0.1, 0.15) is 31.6 Å². The van der Waals surface area contributed by atoms with Crippen molar-refractivity contribution in [2.45, 2.75) is 33.4 Å². The molecule has 1 N–H and O–H groups in total.